The van der Waals surface area contributed by atoms with Gasteiger partial charge in [-0.2, -0.15) is 5.10 Å². The van der Waals surface area contributed by atoms with Crippen molar-refractivity contribution in [3.05, 3.63) is 54.5 Å². The lowest BCUT2D eigenvalue weighted by Gasteiger charge is -2.33. The van der Waals surface area contributed by atoms with E-state index in [9.17, 15) is 14.1 Å². The highest BCUT2D eigenvalue weighted by Crippen LogP contribution is 2.31. The third-order valence-corrected chi connectivity index (χ3v) is 5.36. The molecule has 1 unspecified atom stereocenters. The zero-order valence-electron chi connectivity index (χ0n) is 15.7. The van der Waals surface area contributed by atoms with Crippen molar-refractivity contribution in [1.29, 1.82) is 0 Å². The molecule has 2 aromatic heterocycles. The number of benzene rings is 1. The second-order valence-electron chi connectivity index (χ2n) is 6.34. The van der Waals surface area contributed by atoms with Crippen molar-refractivity contribution in [2.24, 2.45) is 0 Å². The van der Waals surface area contributed by atoms with E-state index in [-0.39, 0.29) is 12.2 Å². The molecule has 0 amide bonds. The summed E-state index contributed by atoms with van der Waals surface area (Å²) < 4.78 is 43.1. The molecule has 156 valence electrons. The van der Waals surface area contributed by atoms with Crippen LogP contribution in [0.25, 0.3) is 5.52 Å². The van der Waals surface area contributed by atoms with Gasteiger partial charge in [-0.15, -0.1) is 0 Å². The lowest BCUT2D eigenvalue weighted by molar-refractivity contribution is -0.134. The van der Waals surface area contributed by atoms with Crippen LogP contribution in [0.3, 0.4) is 0 Å². The maximum atomic E-state index is 13.9. The SMILES string of the molecule is CO[C@](CF)(CO[PH](=O)Oc1ccccc1)[C@@H](O)Cc1ccc2c(N)ncnn12. The zero-order valence-corrected chi connectivity index (χ0v) is 16.7. The fourth-order valence-electron chi connectivity index (χ4n) is 2.81. The van der Waals surface area contributed by atoms with Crippen molar-refractivity contribution in [3.63, 3.8) is 0 Å². The zero-order chi connectivity index (χ0) is 20.9. The summed E-state index contributed by atoms with van der Waals surface area (Å²) in [4.78, 5) is 3.90. The van der Waals surface area contributed by atoms with Gasteiger partial charge in [-0.3, -0.25) is 4.52 Å². The summed E-state index contributed by atoms with van der Waals surface area (Å²) in [5.41, 5.74) is 5.20. The summed E-state index contributed by atoms with van der Waals surface area (Å²) in [5, 5.41) is 14.8. The maximum Gasteiger partial charge on any atom is 0.367 e. The maximum absolute atomic E-state index is 13.9. The van der Waals surface area contributed by atoms with Crippen LogP contribution in [0.5, 0.6) is 5.75 Å². The van der Waals surface area contributed by atoms with E-state index >= 15 is 0 Å². The highest BCUT2D eigenvalue weighted by atomic mass is 31.1. The Bertz CT molecular complexity index is 967. The molecule has 3 aromatic rings. The summed E-state index contributed by atoms with van der Waals surface area (Å²) in [5.74, 6) is 0.640. The molecule has 0 aliphatic carbocycles. The minimum absolute atomic E-state index is 0.00772. The van der Waals surface area contributed by atoms with Gasteiger partial charge < -0.3 is 20.1 Å². The van der Waals surface area contributed by atoms with E-state index in [1.165, 1.54) is 18.0 Å². The molecular formula is C18H22FN4O5P. The molecule has 0 fully saturated rings. The molecule has 9 nitrogen and oxygen atoms in total. The lowest BCUT2D eigenvalue weighted by atomic mass is 9.95. The number of nitrogen functional groups attached to an aromatic ring is 1. The van der Waals surface area contributed by atoms with Crippen molar-refractivity contribution in [1.82, 2.24) is 14.6 Å². The molecule has 3 atom stereocenters. The summed E-state index contributed by atoms with van der Waals surface area (Å²) >= 11 is 0. The fourth-order valence-corrected chi connectivity index (χ4v) is 3.56. The predicted molar refractivity (Wildman–Crippen MR) is 105 cm³/mol. The average Bonchev–Trinajstić information content (AvgIpc) is 3.14. The number of anilines is 1. The first-order chi connectivity index (χ1) is 14.0. The summed E-state index contributed by atoms with van der Waals surface area (Å²) in [6.07, 6.45) is -0.0439. The fraction of sp³-hybridized carbons (Fsp3) is 0.333. The van der Waals surface area contributed by atoms with Crippen LogP contribution in [-0.2, 0) is 20.2 Å². The second-order valence-corrected chi connectivity index (χ2v) is 7.34. The molecule has 3 N–H and O–H groups in total. The Hall–Kier alpha value is -2.52. The molecule has 0 bridgehead atoms. The molecule has 11 heteroatoms. The second kappa shape index (κ2) is 9.32. The van der Waals surface area contributed by atoms with Crippen LogP contribution in [0.4, 0.5) is 10.2 Å². The quantitative estimate of drug-likeness (QED) is 0.475. The Morgan fingerprint density at radius 2 is 2.07 bits per heavy atom. The van der Waals surface area contributed by atoms with Crippen molar-refractivity contribution in [3.8, 4) is 5.75 Å². The predicted octanol–water partition coefficient (Wildman–Crippen LogP) is 2.05. The van der Waals surface area contributed by atoms with Gasteiger partial charge in [0, 0.05) is 19.2 Å². The average molecular weight is 424 g/mol. The van der Waals surface area contributed by atoms with Crippen LogP contribution < -0.4 is 10.3 Å². The number of halogens is 1. The number of aromatic nitrogens is 3. The smallest absolute Gasteiger partial charge is 0.367 e. The van der Waals surface area contributed by atoms with Gasteiger partial charge in [-0.05, 0) is 24.3 Å². The summed E-state index contributed by atoms with van der Waals surface area (Å²) in [6.45, 7) is -1.53. The number of hydrogen-bond acceptors (Lipinski definition) is 8. The number of ether oxygens (including phenoxy) is 1. The topological polar surface area (TPSA) is 121 Å². The Morgan fingerprint density at radius 3 is 2.76 bits per heavy atom. The summed E-state index contributed by atoms with van der Waals surface area (Å²) in [7, 11) is -1.73. The van der Waals surface area contributed by atoms with E-state index < -0.39 is 33.2 Å². The minimum atomic E-state index is -2.98. The third kappa shape index (κ3) is 4.73. The van der Waals surface area contributed by atoms with Gasteiger partial charge >= 0.3 is 8.25 Å². The molecular weight excluding hydrogens is 402 g/mol. The molecule has 0 radical (unpaired) electrons. The molecule has 1 aromatic carbocycles. The minimum Gasteiger partial charge on any atom is -0.426 e. The van der Waals surface area contributed by atoms with E-state index in [0.29, 0.717) is 17.0 Å². The molecule has 3 rings (SSSR count). The van der Waals surface area contributed by atoms with Crippen molar-refractivity contribution < 1.29 is 27.8 Å². The first kappa shape index (κ1) is 21.2. The first-order valence-corrected chi connectivity index (χ1v) is 9.97. The Balaban J connectivity index is 1.69. The third-order valence-electron chi connectivity index (χ3n) is 4.58. The van der Waals surface area contributed by atoms with Crippen LogP contribution in [-0.4, -0.2) is 51.8 Å². The number of methoxy groups -OCH3 is 1. The van der Waals surface area contributed by atoms with Gasteiger partial charge in [0.25, 0.3) is 0 Å². The molecule has 0 spiro atoms. The van der Waals surface area contributed by atoms with E-state index in [2.05, 4.69) is 10.1 Å². The van der Waals surface area contributed by atoms with Gasteiger partial charge in [0.05, 0.1) is 12.7 Å². The van der Waals surface area contributed by atoms with Crippen molar-refractivity contribution in [2.75, 3.05) is 26.1 Å². The normalized spacial score (nSPS) is 15.7. The van der Waals surface area contributed by atoms with Crippen molar-refractivity contribution in [2.45, 2.75) is 18.1 Å². The Morgan fingerprint density at radius 1 is 1.31 bits per heavy atom. The van der Waals surface area contributed by atoms with E-state index in [0.717, 1.165) is 0 Å². The van der Waals surface area contributed by atoms with E-state index in [1.807, 2.05) is 0 Å². The lowest BCUT2D eigenvalue weighted by Crippen LogP contribution is -2.51. The van der Waals surface area contributed by atoms with Crippen LogP contribution >= 0.6 is 8.25 Å². The van der Waals surface area contributed by atoms with Gasteiger partial charge in [0.1, 0.15) is 29.9 Å². The van der Waals surface area contributed by atoms with E-state index in [1.54, 1.807) is 42.5 Å². The van der Waals surface area contributed by atoms with Crippen LogP contribution in [0.15, 0.2) is 48.8 Å². The van der Waals surface area contributed by atoms with Gasteiger partial charge in [0.15, 0.2) is 5.82 Å². The highest BCUT2D eigenvalue weighted by molar-refractivity contribution is 7.33. The summed E-state index contributed by atoms with van der Waals surface area (Å²) in [6, 6.07) is 11.8. The molecule has 0 saturated heterocycles. The number of rotatable bonds is 10. The molecule has 0 aliphatic heterocycles. The first-order valence-electron chi connectivity index (χ1n) is 8.75. The van der Waals surface area contributed by atoms with Gasteiger partial charge in [-0.25, -0.2) is 18.5 Å². The number of alkyl halides is 1. The van der Waals surface area contributed by atoms with Crippen LogP contribution in [0, 0.1) is 0 Å². The standard InChI is InChI=1S/C18H22FN4O5P/c1-26-18(10-19,11-27-29(25)28-14-5-3-2-4-6-14)16(24)9-13-7-8-15-17(20)21-12-22-23(13)15/h2-8,12,16,24,29H,9-11H2,1H3,(H2,20,21,22)/t16-,18+/m0/s1. The number of hydrogen-bond donors (Lipinski definition) is 2. The molecule has 29 heavy (non-hydrogen) atoms. The number of nitrogens with two attached hydrogens (primary N) is 1. The van der Waals surface area contributed by atoms with Crippen molar-refractivity contribution >= 4 is 19.6 Å². The van der Waals surface area contributed by atoms with Crippen LogP contribution in [0.2, 0.25) is 0 Å². The Labute approximate surface area is 167 Å². The van der Waals surface area contributed by atoms with Gasteiger partial charge in [-0.1, -0.05) is 18.2 Å². The largest absolute Gasteiger partial charge is 0.426 e. The number of aliphatic hydroxyl groups excluding tert-OH is 1. The number of nitrogens with zero attached hydrogens (tertiary/aromatic N) is 3. The number of fused-ring (bicyclic) bond motifs is 1. The van der Waals surface area contributed by atoms with Crippen LogP contribution in [0.1, 0.15) is 5.69 Å². The number of para-hydroxylation sites is 1. The highest BCUT2D eigenvalue weighted by Gasteiger charge is 2.40. The van der Waals surface area contributed by atoms with Gasteiger partial charge in [0.2, 0.25) is 0 Å². The van der Waals surface area contributed by atoms with E-state index in [4.69, 9.17) is 19.5 Å². The molecule has 2 heterocycles. The monoisotopic (exact) mass is 424 g/mol. The Kier molecular flexibility index (Phi) is 6.81. The molecule has 0 saturated carbocycles. The molecule has 0 aliphatic rings. The number of aliphatic hydroxyl groups is 1.